The van der Waals surface area contributed by atoms with Crippen molar-refractivity contribution < 1.29 is 0 Å². The highest BCUT2D eigenvalue weighted by atomic mass is 14.2. The Morgan fingerprint density at radius 2 is 0.569 bits per heavy atom. The third-order valence-electron chi connectivity index (χ3n) is 11.8. The molecule has 0 N–H and O–H groups in total. The molecule has 0 aliphatic heterocycles. The summed E-state index contributed by atoms with van der Waals surface area (Å²) < 4.78 is 0. The fraction of sp³-hybridized carbons (Fsp3) is 0. The molecule has 0 atom stereocenters. The minimum absolute atomic E-state index is 1.20. The van der Waals surface area contributed by atoms with E-state index in [0.717, 1.165) is 0 Å². The number of hydrogen-bond donors (Lipinski definition) is 0. The molecular weight excluding hydrogens is 697 g/mol. The molecule has 0 aliphatic rings. The zero-order valence-electron chi connectivity index (χ0n) is 31.9. The van der Waals surface area contributed by atoms with Crippen LogP contribution >= 0.6 is 0 Å². The first-order valence-corrected chi connectivity index (χ1v) is 20.1. The Bertz CT molecular complexity index is 3330. The average Bonchev–Trinajstić information content (AvgIpc) is 3.30. The van der Waals surface area contributed by atoms with Gasteiger partial charge in [0.15, 0.2) is 0 Å². The molecule has 11 rings (SSSR count). The molecule has 0 saturated carbocycles. The second kappa shape index (κ2) is 14.2. The van der Waals surface area contributed by atoms with Gasteiger partial charge in [-0.05, 0) is 140 Å². The summed E-state index contributed by atoms with van der Waals surface area (Å²) in [7, 11) is 0. The molecule has 11 aromatic carbocycles. The molecule has 0 radical (unpaired) electrons. The molecule has 0 amide bonds. The largest absolute Gasteiger partial charge is 0.0622 e. The van der Waals surface area contributed by atoms with Gasteiger partial charge >= 0.3 is 0 Å². The zero-order valence-corrected chi connectivity index (χ0v) is 31.9. The van der Waals surface area contributed by atoms with E-state index >= 15 is 0 Å². The van der Waals surface area contributed by atoms with E-state index in [1.807, 2.05) is 0 Å². The molecule has 0 nitrogen and oxygen atoms in total. The van der Waals surface area contributed by atoms with Crippen LogP contribution in [0.15, 0.2) is 231 Å². The molecular formula is C58H38. The third-order valence-corrected chi connectivity index (χ3v) is 11.8. The standard InChI is InChI=1S/C58H38/c1-2-16-41(17-3-1)51-24-8-9-25-52(51)48-32-33-55-56(38-48)58(50-23-13-21-45(37-50)47-31-29-40-15-5-7-19-43(40)35-47)54-27-11-10-26-53(54)57(55)49-22-12-20-44(36-49)46-30-28-39-14-4-6-18-42(39)34-46/h1-38H. The van der Waals surface area contributed by atoms with Gasteiger partial charge in [0.25, 0.3) is 0 Å². The maximum Gasteiger partial charge on any atom is -0.00259 e. The van der Waals surface area contributed by atoms with Crippen molar-refractivity contribution in [3.05, 3.63) is 231 Å². The molecule has 11 aromatic rings. The Morgan fingerprint density at radius 1 is 0.172 bits per heavy atom. The molecule has 0 aliphatic carbocycles. The molecule has 58 heavy (non-hydrogen) atoms. The lowest BCUT2D eigenvalue weighted by Gasteiger charge is -2.20. The van der Waals surface area contributed by atoms with Gasteiger partial charge in [-0.25, -0.2) is 0 Å². The highest BCUT2D eigenvalue weighted by molar-refractivity contribution is 6.22. The monoisotopic (exact) mass is 734 g/mol. The van der Waals surface area contributed by atoms with Crippen LogP contribution in [0.5, 0.6) is 0 Å². The van der Waals surface area contributed by atoms with Crippen LogP contribution in [0.4, 0.5) is 0 Å². The van der Waals surface area contributed by atoms with Crippen molar-refractivity contribution in [1.82, 2.24) is 0 Å². The predicted molar refractivity (Wildman–Crippen MR) is 249 cm³/mol. The number of benzene rings is 11. The highest BCUT2D eigenvalue weighted by Crippen LogP contribution is 2.46. The second-order valence-corrected chi connectivity index (χ2v) is 15.3. The number of fused-ring (bicyclic) bond motifs is 4. The molecule has 0 heteroatoms. The summed E-state index contributed by atoms with van der Waals surface area (Å²) >= 11 is 0. The molecule has 270 valence electrons. The van der Waals surface area contributed by atoms with E-state index in [0.29, 0.717) is 0 Å². The number of rotatable bonds is 6. The fourth-order valence-electron chi connectivity index (χ4n) is 9.02. The van der Waals surface area contributed by atoms with Crippen molar-refractivity contribution in [2.75, 3.05) is 0 Å². The van der Waals surface area contributed by atoms with E-state index < -0.39 is 0 Å². The van der Waals surface area contributed by atoms with Crippen LogP contribution in [0.2, 0.25) is 0 Å². The minimum atomic E-state index is 1.20. The van der Waals surface area contributed by atoms with Gasteiger partial charge in [-0.3, -0.25) is 0 Å². The van der Waals surface area contributed by atoms with Crippen molar-refractivity contribution in [3.8, 4) is 66.8 Å². The van der Waals surface area contributed by atoms with Crippen molar-refractivity contribution >= 4 is 43.1 Å². The Balaban J connectivity index is 1.17. The smallest absolute Gasteiger partial charge is 0.00259 e. The third kappa shape index (κ3) is 5.95. The van der Waals surface area contributed by atoms with Crippen molar-refractivity contribution in [1.29, 1.82) is 0 Å². The Kier molecular flexibility index (Phi) is 8.26. The van der Waals surface area contributed by atoms with Gasteiger partial charge < -0.3 is 0 Å². The van der Waals surface area contributed by atoms with Crippen LogP contribution in [0.3, 0.4) is 0 Å². The topological polar surface area (TPSA) is 0 Å². The molecule has 0 unspecified atom stereocenters. The normalized spacial score (nSPS) is 11.4. The first-order valence-electron chi connectivity index (χ1n) is 20.1. The molecule has 0 heterocycles. The van der Waals surface area contributed by atoms with Gasteiger partial charge in [-0.2, -0.15) is 0 Å². The molecule has 0 saturated heterocycles. The summed E-state index contributed by atoms with van der Waals surface area (Å²) in [4.78, 5) is 0. The van der Waals surface area contributed by atoms with E-state index in [-0.39, 0.29) is 0 Å². The summed E-state index contributed by atoms with van der Waals surface area (Å²) in [6.45, 7) is 0. The lowest BCUT2D eigenvalue weighted by atomic mass is 9.83. The summed E-state index contributed by atoms with van der Waals surface area (Å²) in [5.74, 6) is 0. The van der Waals surface area contributed by atoms with E-state index in [2.05, 4.69) is 231 Å². The second-order valence-electron chi connectivity index (χ2n) is 15.3. The molecule has 0 spiro atoms. The van der Waals surface area contributed by atoms with Crippen LogP contribution in [-0.4, -0.2) is 0 Å². The summed E-state index contributed by atoms with van der Waals surface area (Å²) in [5.41, 5.74) is 14.6. The van der Waals surface area contributed by atoms with Gasteiger partial charge in [0, 0.05) is 0 Å². The Labute approximate surface area is 339 Å². The maximum absolute atomic E-state index is 2.44. The Hall–Kier alpha value is -7.54. The van der Waals surface area contributed by atoms with Crippen LogP contribution < -0.4 is 0 Å². The molecule has 0 fully saturated rings. The van der Waals surface area contributed by atoms with E-state index in [9.17, 15) is 0 Å². The van der Waals surface area contributed by atoms with E-state index in [4.69, 9.17) is 0 Å². The van der Waals surface area contributed by atoms with E-state index in [1.165, 1.54) is 110 Å². The zero-order chi connectivity index (χ0) is 38.4. The van der Waals surface area contributed by atoms with Crippen LogP contribution in [-0.2, 0) is 0 Å². The molecule has 0 aromatic heterocycles. The van der Waals surface area contributed by atoms with Crippen molar-refractivity contribution in [2.24, 2.45) is 0 Å². The van der Waals surface area contributed by atoms with Gasteiger partial charge in [0.2, 0.25) is 0 Å². The summed E-state index contributed by atoms with van der Waals surface area (Å²) in [6.07, 6.45) is 0. The lowest BCUT2D eigenvalue weighted by molar-refractivity contribution is 1.59. The lowest BCUT2D eigenvalue weighted by Crippen LogP contribution is -1.93. The average molecular weight is 735 g/mol. The fourth-order valence-corrected chi connectivity index (χ4v) is 9.02. The van der Waals surface area contributed by atoms with Gasteiger partial charge in [-0.1, -0.05) is 200 Å². The van der Waals surface area contributed by atoms with Crippen LogP contribution in [0.1, 0.15) is 0 Å². The minimum Gasteiger partial charge on any atom is -0.0622 e. The van der Waals surface area contributed by atoms with Gasteiger partial charge in [-0.15, -0.1) is 0 Å². The van der Waals surface area contributed by atoms with Gasteiger partial charge in [0.1, 0.15) is 0 Å². The van der Waals surface area contributed by atoms with Gasteiger partial charge in [0.05, 0.1) is 0 Å². The molecule has 0 bridgehead atoms. The maximum atomic E-state index is 2.44. The SMILES string of the molecule is c1ccc(-c2ccccc2-c2ccc3c(-c4cccc(-c5ccc6ccccc6c5)c4)c4ccccc4c(-c4cccc(-c5ccc6ccccc6c5)c4)c3c2)cc1. The predicted octanol–water partition coefficient (Wildman–Crippen LogP) is 16.3. The first-order chi connectivity index (χ1) is 28.7. The Morgan fingerprint density at radius 3 is 1.16 bits per heavy atom. The first kappa shape index (κ1) is 33.8. The van der Waals surface area contributed by atoms with Crippen molar-refractivity contribution in [3.63, 3.8) is 0 Å². The summed E-state index contributed by atoms with van der Waals surface area (Å²) in [6, 6.07) is 84.7. The quantitative estimate of drug-likeness (QED) is 0.149. The van der Waals surface area contributed by atoms with Crippen LogP contribution in [0, 0.1) is 0 Å². The van der Waals surface area contributed by atoms with Crippen LogP contribution in [0.25, 0.3) is 110 Å². The highest BCUT2D eigenvalue weighted by Gasteiger charge is 2.19. The summed E-state index contributed by atoms with van der Waals surface area (Å²) in [5, 5.41) is 9.96. The van der Waals surface area contributed by atoms with E-state index in [1.54, 1.807) is 0 Å². The van der Waals surface area contributed by atoms with Crippen molar-refractivity contribution in [2.45, 2.75) is 0 Å². The number of hydrogen-bond acceptors (Lipinski definition) is 0.